The van der Waals surface area contributed by atoms with Gasteiger partial charge in [0.15, 0.2) is 0 Å². The smallest absolute Gasteiger partial charge is 0.0110 e. The fourth-order valence-corrected chi connectivity index (χ4v) is 3.84. The molecule has 0 saturated carbocycles. The second-order valence-corrected chi connectivity index (χ2v) is 7.90. The lowest BCUT2D eigenvalue weighted by molar-refractivity contribution is 0.104. The summed E-state index contributed by atoms with van der Waals surface area (Å²) < 4.78 is 0. The van der Waals surface area contributed by atoms with Crippen LogP contribution in [0.1, 0.15) is 47.0 Å². The largest absolute Gasteiger partial charge is 0.301 e. The Bertz CT molecular complexity index is 274. The van der Waals surface area contributed by atoms with Crippen molar-refractivity contribution in [1.29, 1.82) is 0 Å². The fourth-order valence-electron chi connectivity index (χ4n) is 3.84. The van der Waals surface area contributed by atoms with Crippen molar-refractivity contribution in [1.82, 2.24) is 14.7 Å². The molecule has 0 spiro atoms. The number of hydrogen-bond donors (Lipinski definition) is 0. The van der Waals surface area contributed by atoms with Crippen molar-refractivity contribution in [2.45, 2.75) is 53.0 Å². The Balaban J connectivity index is 1.58. The summed E-state index contributed by atoms with van der Waals surface area (Å²) in [5.41, 5.74) is 0. The van der Waals surface area contributed by atoms with E-state index in [0.717, 1.165) is 17.9 Å². The average Bonchev–Trinajstić information content (AvgIpc) is 2.46. The number of hydrogen-bond acceptors (Lipinski definition) is 3. The molecule has 2 saturated heterocycles. The molecule has 0 aromatic rings. The molecule has 124 valence electrons. The molecule has 0 aromatic heterocycles. The topological polar surface area (TPSA) is 9.72 Å². The molecule has 3 heteroatoms. The van der Waals surface area contributed by atoms with Crippen LogP contribution < -0.4 is 0 Å². The molecule has 0 aliphatic carbocycles. The van der Waals surface area contributed by atoms with Crippen molar-refractivity contribution in [3.05, 3.63) is 0 Å². The molecule has 0 bridgehead atoms. The maximum atomic E-state index is 2.70. The van der Waals surface area contributed by atoms with Crippen LogP contribution in [-0.4, -0.2) is 73.1 Å². The third kappa shape index (κ3) is 5.88. The molecular weight excluding hydrogens is 258 g/mol. The lowest BCUT2D eigenvalue weighted by Gasteiger charge is -2.38. The summed E-state index contributed by atoms with van der Waals surface area (Å²) in [4.78, 5) is 7.98. The van der Waals surface area contributed by atoms with Gasteiger partial charge in [0.1, 0.15) is 0 Å². The van der Waals surface area contributed by atoms with Gasteiger partial charge in [-0.2, -0.15) is 0 Å². The van der Waals surface area contributed by atoms with Crippen molar-refractivity contribution in [2.75, 3.05) is 52.4 Å². The Hall–Kier alpha value is -0.120. The van der Waals surface area contributed by atoms with Gasteiger partial charge < -0.3 is 14.7 Å². The third-order valence-electron chi connectivity index (χ3n) is 5.32. The van der Waals surface area contributed by atoms with E-state index in [4.69, 9.17) is 0 Å². The Morgan fingerprint density at radius 3 is 1.90 bits per heavy atom. The zero-order valence-electron chi connectivity index (χ0n) is 14.9. The zero-order valence-corrected chi connectivity index (χ0v) is 14.9. The van der Waals surface area contributed by atoms with E-state index in [2.05, 4.69) is 42.4 Å². The molecule has 2 aliphatic rings. The molecule has 2 fully saturated rings. The van der Waals surface area contributed by atoms with Gasteiger partial charge in [0.25, 0.3) is 0 Å². The first kappa shape index (κ1) is 17.2. The highest BCUT2D eigenvalue weighted by molar-refractivity contribution is 4.77. The molecule has 2 heterocycles. The second-order valence-electron chi connectivity index (χ2n) is 7.90. The normalized spacial score (nSPS) is 24.3. The van der Waals surface area contributed by atoms with Crippen LogP contribution in [0.2, 0.25) is 0 Å². The van der Waals surface area contributed by atoms with Gasteiger partial charge in [0.05, 0.1) is 0 Å². The van der Waals surface area contributed by atoms with E-state index in [-0.39, 0.29) is 0 Å². The van der Waals surface area contributed by atoms with Gasteiger partial charge in [-0.05, 0) is 64.6 Å². The van der Waals surface area contributed by atoms with Gasteiger partial charge in [-0.1, -0.05) is 13.8 Å². The van der Waals surface area contributed by atoms with Crippen LogP contribution in [0.15, 0.2) is 0 Å². The Morgan fingerprint density at radius 1 is 0.810 bits per heavy atom. The highest BCUT2D eigenvalue weighted by Gasteiger charge is 2.22. The van der Waals surface area contributed by atoms with Crippen molar-refractivity contribution < 1.29 is 0 Å². The first-order chi connectivity index (χ1) is 10.0. The number of piperazine rings is 1. The molecular formula is C18H37N3. The molecule has 0 radical (unpaired) electrons. The molecule has 0 unspecified atom stereocenters. The molecule has 0 atom stereocenters. The number of rotatable bonds is 6. The van der Waals surface area contributed by atoms with Gasteiger partial charge >= 0.3 is 0 Å². The van der Waals surface area contributed by atoms with E-state index in [1.54, 1.807) is 0 Å². The summed E-state index contributed by atoms with van der Waals surface area (Å²) in [5.74, 6) is 1.79. The summed E-state index contributed by atoms with van der Waals surface area (Å²) in [6.45, 7) is 19.7. The Morgan fingerprint density at radius 2 is 1.38 bits per heavy atom. The van der Waals surface area contributed by atoms with Crippen LogP contribution in [0, 0.1) is 11.8 Å². The molecule has 0 N–H and O–H groups in total. The lowest BCUT2D eigenvalue weighted by Crippen LogP contribution is -2.48. The number of piperidine rings is 1. The van der Waals surface area contributed by atoms with E-state index >= 15 is 0 Å². The molecule has 21 heavy (non-hydrogen) atoms. The van der Waals surface area contributed by atoms with Gasteiger partial charge in [-0.15, -0.1) is 0 Å². The Labute approximate surface area is 132 Å². The Kier molecular flexibility index (Phi) is 6.97. The molecule has 0 amide bonds. The second kappa shape index (κ2) is 8.50. The van der Waals surface area contributed by atoms with Crippen LogP contribution >= 0.6 is 0 Å². The SMILES string of the molecule is CC(C)CN1CCN(CCC2CCN(C(C)C)CC2)CC1. The highest BCUT2D eigenvalue weighted by atomic mass is 15.3. The summed E-state index contributed by atoms with van der Waals surface area (Å²) in [6, 6.07) is 0.736. The minimum Gasteiger partial charge on any atom is -0.301 e. The van der Waals surface area contributed by atoms with Crippen LogP contribution in [0.4, 0.5) is 0 Å². The van der Waals surface area contributed by atoms with Gasteiger partial charge in [-0.25, -0.2) is 0 Å². The lowest BCUT2D eigenvalue weighted by atomic mass is 9.92. The van der Waals surface area contributed by atoms with Gasteiger partial charge in [-0.3, -0.25) is 0 Å². The van der Waals surface area contributed by atoms with Crippen molar-refractivity contribution in [3.63, 3.8) is 0 Å². The van der Waals surface area contributed by atoms with Crippen LogP contribution in [0.3, 0.4) is 0 Å². The molecule has 2 rings (SSSR count). The van der Waals surface area contributed by atoms with Crippen molar-refractivity contribution >= 4 is 0 Å². The number of likely N-dealkylation sites (tertiary alicyclic amines) is 1. The molecule has 3 nitrogen and oxygen atoms in total. The minimum atomic E-state index is 0.736. The average molecular weight is 296 g/mol. The first-order valence-electron chi connectivity index (χ1n) is 9.23. The van der Waals surface area contributed by atoms with Crippen LogP contribution in [0.5, 0.6) is 0 Å². The van der Waals surface area contributed by atoms with E-state index < -0.39 is 0 Å². The predicted molar refractivity (Wildman–Crippen MR) is 91.8 cm³/mol. The fraction of sp³-hybridized carbons (Fsp3) is 1.00. The standard InChI is InChI=1S/C18H37N3/c1-16(2)15-20-13-11-19(12-14-20)8-5-18-6-9-21(10-7-18)17(3)4/h16-18H,5-15H2,1-4H3. The van der Waals surface area contributed by atoms with Crippen LogP contribution in [-0.2, 0) is 0 Å². The van der Waals surface area contributed by atoms with E-state index in [1.807, 2.05) is 0 Å². The van der Waals surface area contributed by atoms with E-state index in [0.29, 0.717) is 0 Å². The van der Waals surface area contributed by atoms with Crippen molar-refractivity contribution in [3.8, 4) is 0 Å². The first-order valence-corrected chi connectivity index (χ1v) is 9.23. The molecule has 0 aromatic carbocycles. The summed E-state index contributed by atoms with van der Waals surface area (Å²) in [6.07, 6.45) is 4.27. The predicted octanol–water partition coefficient (Wildman–Crippen LogP) is 2.77. The summed E-state index contributed by atoms with van der Waals surface area (Å²) in [5, 5.41) is 0. The van der Waals surface area contributed by atoms with Crippen LogP contribution in [0.25, 0.3) is 0 Å². The summed E-state index contributed by atoms with van der Waals surface area (Å²) >= 11 is 0. The highest BCUT2D eigenvalue weighted by Crippen LogP contribution is 2.22. The summed E-state index contributed by atoms with van der Waals surface area (Å²) in [7, 11) is 0. The maximum Gasteiger partial charge on any atom is 0.0110 e. The third-order valence-corrected chi connectivity index (χ3v) is 5.32. The quantitative estimate of drug-likeness (QED) is 0.746. The maximum absolute atomic E-state index is 2.70. The zero-order chi connectivity index (χ0) is 15.2. The van der Waals surface area contributed by atoms with Gasteiger partial charge in [0.2, 0.25) is 0 Å². The monoisotopic (exact) mass is 295 g/mol. The molecule has 2 aliphatic heterocycles. The van der Waals surface area contributed by atoms with E-state index in [9.17, 15) is 0 Å². The van der Waals surface area contributed by atoms with Crippen molar-refractivity contribution in [2.24, 2.45) is 11.8 Å². The van der Waals surface area contributed by atoms with Gasteiger partial charge in [0, 0.05) is 38.8 Å². The number of nitrogens with zero attached hydrogens (tertiary/aromatic N) is 3. The minimum absolute atomic E-state index is 0.736. The van der Waals surface area contributed by atoms with E-state index in [1.165, 1.54) is 71.6 Å².